The van der Waals surface area contributed by atoms with E-state index in [1.165, 1.54) is 6.92 Å². The van der Waals surface area contributed by atoms with Crippen LogP contribution in [0.5, 0.6) is 0 Å². The van der Waals surface area contributed by atoms with Gasteiger partial charge in [0.15, 0.2) is 18.4 Å². The van der Waals surface area contributed by atoms with E-state index in [-0.39, 0.29) is 6.61 Å². The molecule has 0 spiro atoms. The Labute approximate surface area is 146 Å². The summed E-state index contributed by atoms with van der Waals surface area (Å²) in [6.45, 7) is 3.17. The number of carbonyl (C=O) groups is 3. The Kier molecular flexibility index (Phi) is 5.93. The zero-order valence-corrected chi connectivity index (χ0v) is 14.3. The van der Waals surface area contributed by atoms with Gasteiger partial charge in [0.2, 0.25) is 0 Å². The van der Waals surface area contributed by atoms with E-state index in [9.17, 15) is 24.0 Å². The number of nitrogens with zero attached hydrogens (tertiary/aromatic N) is 1. The molecule has 0 aromatic carbocycles. The Morgan fingerprint density at radius 1 is 1.08 bits per heavy atom. The summed E-state index contributed by atoms with van der Waals surface area (Å²) < 4.78 is 21.9. The second kappa shape index (κ2) is 7.95. The number of hydrogen-bond acceptors (Lipinski definition) is 9. The molecule has 0 radical (unpaired) electrons. The molecule has 26 heavy (non-hydrogen) atoms. The van der Waals surface area contributed by atoms with Crippen LogP contribution in [0.1, 0.15) is 27.0 Å². The molecule has 1 fully saturated rings. The predicted molar refractivity (Wildman–Crippen MR) is 83.0 cm³/mol. The highest BCUT2D eigenvalue weighted by Crippen LogP contribution is 2.33. The minimum Gasteiger partial charge on any atom is -0.463 e. The maximum absolute atomic E-state index is 12.1. The molecule has 1 aromatic heterocycles. The SMILES string of the molecule is CC(=O)O[13CH2][13C@H]1O[13C@@H](n2ccc(=O)[nH]c2=O)[13C@H](OC(C)=O)[13C@@H]1OC(C)=O. The van der Waals surface area contributed by atoms with Gasteiger partial charge >= 0.3 is 23.6 Å². The quantitative estimate of drug-likeness (QED) is 0.384. The summed E-state index contributed by atoms with van der Waals surface area (Å²) in [4.78, 5) is 59.3. The van der Waals surface area contributed by atoms with Gasteiger partial charge in [-0.15, -0.1) is 0 Å². The summed E-state index contributed by atoms with van der Waals surface area (Å²) >= 11 is 0. The third-order valence-electron chi connectivity index (χ3n) is 3.47. The van der Waals surface area contributed by atoms with Crippen LogP contribution in [0, 0.1) is 0 Å². The van der Waals surface area contributed by atoms with Crippen molar-refractivity contribution in [3.8, 4) is 0 Å². The van der Waals surface area contributed by atoms with Gasteiger partial charge in [0.25, 0.3) is 5.56 Å². The molecule has 11 heteroatoms. The maximum Gasteiger partial charge on any atom is 0.330 e. The molecule has 0 aliphatic carbocycles. The second-order valence-electron chi connectivity index (χ2n) is 5.53. The molecule has 1 saturated heterocycles. The van der Waals surface area contributed by atoms with Gasteiger partial charge in [-0.25, -0.2) is 4.79 Å². The summed E-state index contributed by atoms with van der Waals surface area (Å²) in [7, 11) is 0. The second-order valence-corrected chi connectivity index (χ2v) is 5.53. The predicted octanol–water partition coefficient (Wildman–Crippen LogP) is -1.14. The number of aromatic nitrogens is 2. The minimum atomic E-state index is -1.20. The van der Waals surface area contributed by atoms with E-state index in [1.54, 1.807) is 0 Å². The van der Waals surface area contributed by atoms with Crippen molar-refractivity contribution in [1.82, 2.24) is 9.55 Å². The van der Waals surface area contributed by atoms with Gasteiger partial charge in [0, 0.05) is 33.0 Å². The Bertz CT molecular complexity index is 812. The maximum atomic E-state index is 12.1. The largest absolute Gasteiger partial charge is 0.463 e. The van der Waals surface area contributed by atoms with Crippen LogP contribution in [0.25, 0.3) is 0 Å². The van der Waals surface area contributed by atoms with Gasteiger partial charge in [-0.05, 0) is 0 Å². The topological polar surface area (TPSA) is 143 Å². The molecule has 2 heterocycles. The first-order valence-corrected chi connectivity index (χ1v) is 7.63. The highest BCUT2D eigenvalue weighted by molar-refractivity contribution is 5.67. The number of rotatable bonds is 5. The smallest absolute Gasteiger partial charge is 0.330 e. The molecule has 0 bridgehead atoms. The van der Waals surface area contributed by atoms with Gasteiger partial charge in [-0.1, -0.05) is 0 Å². The molecule has 11 nitrogen and oxygen atoms in total. The van der Waals surface area contributed by atoms with Crippen LogP contribution in [0.3, 0.4) is 0 Å². The van der Waals surface area contributed by atoms with Crippen molar-refractivity contribution in [2.24, 2.45) is 0 Å². The Morgan fingerprint density at radius 3 is 2.23 bits per heavy atom. The molecule has 4 atom stereocenters. The number of carbonyl (C=O) groups excluding carboxylic acids is 3. The van der Waals surface area contributed by atoms with E-state index in [2.05, 4.69) is 0 Å². The normalized spacial score (nSPS) is 24.7. The lowest BCUT2D eigenvalue weighted by Gasteiger charge is -2.23. The van der Waals surface area contributed by atoms with E-state index in [0.717, 1.165) is 30.7 Å². The molecule has 1 aliphatic rings. The van der Waals surface area contributed by atoms with E-state index in [1.807, 2.05) is 4.98 Å². The fourth-order valence-corrected chi connectivity index (χ4v) is 2.54. The zero-order valence-electron chi connectivity index (χ0n) is 14.3. The molecule has 1 N–H and O–H groups in total. The summed E-state index contributed by atoms with van der Waals surface area (Å²) in [5.41, 5.74) is -1.43. The number of nitrogens with one attached hydrogen (secondary N) is 1. The van der Waals surface area contributed by atoms with Crippen molar-refractivity contribution in [3.05, 3.63) is 33.1 Å². The molecule has 142 valence electrons. The van der Waals surface area contributed by atoms with Crippen LogP contribution in [0.4, 0.5) is 0 Å². The van der Waals surface area contributed by atoms with Gasteiger partial charge < -0.3 is 18.9 Å². The van der Waals surface area contributed by atoms with Gasteiger partial charge in [0.05, 0.1) is 0 Å². The van der Waals surface area contributed by atoms with Crippen molar-refractivity contribution in [2.75, 3.05) is 6.61 Å². The average molecular weight is 375 g/mol. The molecule has 0 amide bonds. The van der Waals surface area contributed by atoms with Crippen LogP contribution in [-0.4, -0.2) is 52.4 Å². The van der Waals surface area contributed by atoms with Gasteiger partial charge in [0.1, 0.15) is 12.7 Å². The molecule has 2 rings (SSSR count). The third-order valence-corrected chi connectivity index (χ3v) is 3.47. The molecule has 1 aromatic rings. The van der Waals surface area contributed by atoms with E-state index in [0.29, 0.717) is 0 Å². The average Bonchev–Trinajstić information content (AvgIpc) is 2.82. The van der Waals surface area contributed by atoms with Crippen molar-refractivity contribution in [2.45, 2.75) is 45.3 Å². The summed E-state index contributed by atoms with van der Waals surface area (Å²) in [5.74, 6) is -1.98. The molecular weight excluding hydrogens is 357 g/mol. The third kappa shape index (κ3) is 4.57. The first-order chi connectivity index (χ1) is 12.2. The standard InChI is InChI=1S/C15H18N2O9/c1-7(18)23-6-10-12(24-8(2)19)13(25-9(3)20)14(26-10)17-5-4-11(21)16-15(17)22/h4-5,10,12-14H,6H2,1-3H3,(H,16,21,22)/t10-,12-,13-,14-/m1/s1/i6+1,10+1,12+1,13+1,14+1. The van der Waals surface area contributed by atoms with Gasteiger partial charge in [-0.2, -0.15) is 0 Å². The fourth-order valence-electron chi connectivity index (χ4n) is 2.54. The fraction of sp³-hybridized carbons (Fsp3) is 0.533. The summed E-state index contributed by atoms with van der Waals surface area (Å²) in [6, 6.07) is 1.08. The number of H-pyrrole nitrogens is 1. The van der Waals surface area contributed by atoms with Crippen LogP contribution in [-0.2, 0) is 33.3 Å². The van der Waals surface area contributed by atoms with Gasteiger partial charge in [-0.3, -0.25) is 28.7 Å². The lowest BCUT2D eigenvalue weighted by Crippen LogP contribution is -2.42. The first kappa shape index (κ1) is 19.4. The highest BCUT2D eigenvalue weighted by Gasteiger charge is 2.50. The van der Waals surface area contributed by atoms with E-state index in [4.69, 9.17) is 18.9 Å². The lowest BCUT2D eigenvalue weighted by molar-refractivity contribution is -0.166. The van der Waals surface area contributed by atoms with E-state index >= 15 is 0 Å². The van der Waals surface area contributed by atoms with Crippen molar-refractivity contribution in [1.29, 1.82) is 0 Å². The molecule has 1 aliphatic heterocycles. The zero-order chi connectivity index (χ0) is 19.4. The summed E-state index contributed by atoms with van der Waals surface area (Å²) in [5, 5.41) is 0. The lowest BCUT2D eigenvalue weighted by atomic mass is 10.6. The van der Waals surface area contributed by atoms with Crippen molar-refractivity contribution < 1.29 is 33.3 Å². The highest BCUT2D eigenvalue weighted by atomic mass is 16.8. The number of esters is 3. The molecular formula is C15H18N2O9. The van der Waals surface area contributed by atoms with E-state index < -0.39 is 53.7 Å². The molecule has 0 saturated carbocycles. The van der Waals surface area contributed by atoms with Crippen LogP contribution in [0.15, 0.2) is 21.9 Å². The first-order valence-electron chi connectivity index (χ1n) is 7.63. The summed E-state index contributed by atoms with van der Waals surface area (Å²) in [6.07, 6.45) is -3.36. The number of aromatic amines is 1. The minimum absolute atomic E-state index is 0.292. The monoisotopic (exact) mass is 375 g/mol. The van der Waals surface area contributed by atoms with Crippen LogP contribution in [0.2, 0.25) is 0 Å². The molecule has 0 unspecified atom stereocenters. The Morgan fingerprint density at radius 2 is 1.69 bits per heavy atom. The van der Waals surface area contributed by atoms with Crippen molar-refractivity contribution >= 4 is 17.9 Å². The van der Waals surface area contributed by atoms with Crippen molar-refractivity contribution in [3.63, 3.8) is 0 Å². The number of hydrogen-bond donors (Lipinski definition) is 1. The number of ether oxygens (including phenoxy) is 4. The van der Waals surface area contributed by atoms with Crippen LogP contribution < -0.4 is 11.2 Å². The Balaban J connectivity index is 2.41. The van der Waals surface area contributed by atoms with Crippen LogP contribution >= 0.6 is 0 Å². The Hall–Kier alpha value is -2.95.